The average molecular weight is 289 g/mol. The molecule has 2 rings (SSSR count). The molecule has 0 radical (unpaired) electrons. The van der Waals surface area contributed by atoms with Gasteiger partial charge >= 0.3 is 6.18 Å². The van der Waals surface area contributed by atoms with E-state index in [9.17, 15) is 13.2 Å². The number of ether oxygens (including phenoxy) is 1. The number of halogens is 4. The van der Waals surface area contributed by atoms with Crippen molar-refractivity contribution in [2.45, 2.75) is 6.18 Å². The molecule has 0 fully saturated rings. The summed E-state index contributed by atoms with van der Waals surface area (Å²) in [6.45, 7) is 0. The largest absolute Gasteiger partial charge is 0.439 e. The van der Waals surface area contributed by atoms with Crippen molar-refractivity contribution in [1.82, 2.24) is 4.98 Å². The second kappa shape index (κ2) is 4.97. The Bertz CT molecular complexity index is 585. The van der Waals surface area contributed by atoms with Gasteiger partial charge in [0, 0.05) is 11.1 Å². The number of alkyl halides is 3. The van der Waals surface area contributed by atoms with E-state index in [4.69, 9.17) is 22.1 Å². The SMILES string of the molecule is Nc1cc(C(F)(F)F)cc(Oc2ccc(Cl)cc2)n1. The second-order valence-corrected chi connectivity index (χ2v) is 4.11. The molecule has 0 spiro atoms. The van der Waals surface area contributed by atoms with Crippen LogP contribution in [0.4, 0.5) is 19.0 Å². The van der Waals surface area contributed by atoms with Crippen molar-refractivity contribution >= 4 is 17.4 Å². The summed E-state index contributed by atoms with van der Waals surface area (Å²) in [6.07, 6.45) is -4.50. The third-order valence-corrected chi connectivity index (χ3v) is 2.44. The Hall–Kier alpha value is -1.95. The lowest BCUT2D eigenvalue weighted by atomic mass is 10.2. The van der Waals surface area contributed by atoms with Crippen LogP contribution in [0.1, 0.15) is 5.56 Å². The molecule has 0 saturated heterocycles. The fourth-order valence-electron chi connectivity index (χ4n) is 1.37. The normalized spacial score (nSPS) is 11.4. The van der Waals surface area contributed by atoms with Crippen LogP contribution in [0.15, 0.2) is 36.4 Å². The molecule has 7 heteroatoms. The van der Waals surface area contributed by atoms with Gasteiger partial charge in [-0.1, -0.05) is 11.6 Å². The highest BCUT2D eigenvalue weighted by Crippen LogP contribution is 2.33. The Labute approximate surface area is 111 Å². The molecule has 0 bridgehead atoms. The Morgan fingerprint density at radius 1 is 1.11 bits per heavy atom. The Morgan fingerprint density at radius 3 is 2.32 bits per heavy atom. The minimum atomic E-state index is -4.50. The fourth-order valence-corrected chi connectivity index (χ4v) is 1.49. The van der Waals surface area contributed by atoms with Gasteiger partial charge in [-0.15, -0.1) is 0 Å². The molecule has 0 unspecified atom stereocenters. The minimum absolute atomic E-state index is 0.227. The molecule has 1 heterocycles. The Balaban J connectivity index is 2.30. The second-order valence-electron chi connectivity index (χ2n) is 3.67. The number of rotatable bonds is 2. The zero-order valence-electron chi connectivity index (χ0n) is 9.41. The number of hydrogen-bond acceptors (Lipinski definition) is 3. The summed E-state index contributed by atoms with van der Waals surface area (Å²) in [5.74, 6) is -0.177. The molecular formula is C12H8ClF3N2O. The smallest absolute Gasteiger partial charge is 0.416 e. The lowest BCUT2D eigenvalue weighted by Gasteiger charge is -2.10. The molecule has 0 saturated carbocycles. The first-order chi connectivity index (χ1) is 8.84. The van der Waals surface area contributed by atoms with E-state index in [1.165, 1.54) is 12.1 Å². The quantitative estimate of drug-likeness (QED) is 0.904. The van der Waals surface area contributed by atoms with E-state index in [0.29, 0.717) is 10.8 Å². The van der Waals surface area contributed by atoms with Crippen LogP contribution in [0.2, 0.25) is 5.02 Å². The maximum Gasteiger partial charge on any atom is 0.416 e. The molecular weight excluding hydrogens is 281 g/mol. The highest BCUT2D eigenvalue weighted by molar-refractivity contribution is 6.30. The highest BCUT2D eigenvalue weighted by Gasteiger charge is 2.31. The maximum atomic E-state index is 12.6. The number of benzene rings is 1. The van der Waals surface area contributed by atoms with Crippen molar-refractivity contribution in [2.24, 2.45) is 0 Å². The Morgan fingerprint density at radius 2 is 1.74 bits per heavy atom. The molecule has 2 N–H and O–H groups in total. The summed E-state index contributed by atoms with van der Waals surface area (Å²) >= 11 is 5.69. The number of aromatic nitrogens is 1. The first-order valence-electron chi connectivity index (χ1n) is 5.13. The number of nitrogens with zero attached hydrogens (tertiary/aromatic N) is 1. The van der Waals surface area contributed by atoms with Gasteiger partial charge in [-0.2, -0.15) is 18.2 Å². The van der Waals surface area contributed by atoms with Crippen LogP contribution >= 0.6 is 11.6 Å². The first-order valence-corrected chi connectivity index (χ1v) is 5.50. The summed E-state index contributed by atoms with van der Waals surface area (Å²) in [7, 11) is 0. The van der Waals surface area contributed by atoms with Crippen molar-refractivity contribution in [2.75, 3.05) is 5.73 Å². The molecule has 0 aliphatic heterocycles. The van der Waals surface area contributed by atoms with E-state index in [-0.39, 0.29) is 11.7 Å². The van der Waals surface area contributed by atoms with Gasteiger partial charge in [0.1, 0.15) is 11.6 Å². The van der Waals surface area contributed by atoms with Crippen LogP contribution in [0.3, 0.4) is 0 Å². The third kappa shape index (κ3) is 3.51. The molecule has 19 heavy (non-hydrogen) atoms. The molecule has 100 valence electrons. The monoisotopic (exact) mass is 288 g/mol. The van der Waals surface area contributed by atoms with Gasteiger partial charge in [-0.05, 0) is 30.3 Å². The number of nitrogen functional groups attached to an aromatic ring is 1. The number of hydrogen-bond donors (Lipinski definition) is 1. The number of anilines is 1. The topological polar surface area (TPSA) is 48.1 Å². The van der Waals surface area contributed by atoms with E-state index >= 15 is 0 Å². The van der Waals surface area contributed by atoms with Crippen LogP contribution in [-0.2, 0) is 6.18 Å². The molecule has 0 atom stereocenters. The van der Waals surface area contributed by atoms with Crippen LogP contribution < -0.4 is 10.5 Å². The van der Waals surface area contributed by atoms with Crippen LogP contribution in [-0.4, -0.2) is 4.98 Å². The van der Waals surface area contributed by atoms with E-state index in [1.807, 2.05) is 0 Å². The van der Waals surface area contributed by atoms with Crippen LogP contribution in [0.25, 0.3) is 0 Å². The van der Waals surface area contributed by atoms with Crippen molar-refractivity contribution in [3.05, 3.63) is 47.0 Å². The zero-order chi connectivity index (χ0) is 14.0. The predicted molar refractivity (Wildman–Crippen MR) is 65.2 cm³/mol. The fraction of sp³-hybridized carbons (Fsp3) is 0.0833. The molecule has 0 aliphatic rings. The zero-order valence-corrected chi connectivity index (χ0v) is 10.2. The van der Waals surface area contributed by atoms with Crippen molar-refractivity contribution in [3.63, 3.8) is 0 Å². The van der Waals surface area contributed by atoms with Gasteiger partial charge in [0.25, 0.3) is 0 Å². The Kier molecular flexibility index (Phi) is 3.53. The van der Waals surface area contributed by atoms with Crippen LogP contribution in [0.5, 0.6) is 11.6 Å². The molecule has 0 amide bonds. The standard InChI is InChI=1S/C12H8ClF3N2O/c13-8-1-3-9(4-2-8)19-11-6-7(12(14,15)16)5-10(17)18-11/h1-6H,(H2,17,18). The lowest BCUT2D eigenvalue weighted by Crippen LogP contribution is -2.07. The molecule has 3 nitrogen and oxygen atoms in total. The van der Waals surface area contributed by atoms with Crippen molar-refractivity contribution in [3.8, 4) is 11.6 Å². The maximum absolute atomic E-state index is 12.6. The van der Waals surface area contributed by atoms with Gasteiger partial charge in [0.05, 0.1) is 5.56 Å². The molecule has 0 aliphatic carbocycles. The summed E-state index contributed by atoms with van der Waals surface area (Å²) in [5.41, 5.74) is 4.41. The van der Waals surface area contributed by atoms with E-state index in [2.05, 4.69) is 4.98 Å². The minimum Gasteiger partial charge on any atom is -0.439 e. The number of pyridine rings is 1. The van der Waals surface area contributed by atoms with Gasteiger partial charge in [-0.25, -0.2) is 0 Å². The average Bonchev–Trinajstić information content (AvgIpc) is 2.30. The first kappa shape index (κ1) is 13.5. The molecule has 1 aromatic carbocycles. The van der Waals surface area contributed by atoms with Crippen molar-refractivity contribution < 1.29 is 17.9 Å². The lowest BCUT2D eigenvalue weighted by molar-refractivity contribution is -0.137. The summed E-state index contributed by atoms with van der Waals surface area (Å²) in [5, 5.41) is 0.490. The molecule has 2 aromatic rings. The van der Waals surface area contributed by atoms with Gasteiger partial charge < -0.3 is 10.5 Å². The van der Waals surface area contributed by atoms with Gasteiger partial charge in [-0.3, -0.25) is 0 Å². The van der Waals surface area contributed by atoms with Crippen LogP contribution in [0, 0.1) is 0 Å². The van der Waals surface area contributed by atoms with E-state index in [1.54, 1.807) is 12.1 Å². The van der Waals surface area contributed by atoms with Gasteiger partial charge in [0.2, 0.25) is 5.88 Å². The van der Waals surface area contributed by atoms with Crippen molar-refractivity contribution in [1.29, 1.82) is 0 Å². The highest BCUT2D eigenvalue weighted by atomic mass is 35.5. The molecule has 1 aromatic heterocycles. The predicted octanol–water partition coefficient (Wildman–Crippen LogP) is 4.13. The van der Waals surface area contributed by atoms with E-state index < -0.39 is 11.7 Å². The summed E-state index contributed by atoms with van der Waals surface area (Å²) < 4.78 is 42.9. The summed E-state index contributed by atoms with van der Waals surface area (Å²) in [4.78, 5) is 3.69. The number of nitrogens with two attached hydrogens (primary N) is 1. The third-order valence-electron chi connectivity index (χ3n) is 2.19. The van der Waals surface area contributed by atoms with Gasteiger partial charge in [0.15, 0.2) is 0 Å². The summed E-state index contributed by atoms with van der Waals surface area (Å²) in [6, 6.07) is 7.66. The van der Waals surface area contributed by atoms with E-state index in [0.717, 1.165) is 12.1 Å².